The van der Waals surface area contributed by atoms with Crippen LogP contribution in [0.15, 0.2) is 21.9 Å². The van der Waals surface area contributed by atoms with E-state index in [1.807, 2.05) is 13.8 Å². The number of nitrogens with zero attached hydrogens (tertiary/aromatic N) is 2. The molecule has 72 valence electrons. The Morgan fingerprint density at radius 1 is 1.38 bits per heavy atom. The quantitative estimate of drug-likeness (QED) is 0.672. The fraction of sp³-hybridized carbons (Fsp3) is 0.556. The molecule has 4 heteroatoms. The van der Waals surface area contributed by atoms with Crippen molar-refractivity contribution in [2.24, 2.45) is 0 Å². The van der Waals surface area contributed by atoms with Crippen LogP contribution in [0, 0.1) is 0 Å². The van der Waals surface area contributed by atoms with Crippen LogP contribution in [0.2, 0.25) is 0 Å². The fourth-order valence-electron chi connectivity index (χ4n) is 1.22. The Labute approximate surface area is 76.4 Å². The standard InChI is InChI=1S/C9H14N2O2/c1-4-10-8(12)5-6-11(7(2)3)9(10)13/h5-7H,4H2,1-3H3. The monoisotopic (exact) mass is 182 g/mol. The summed E-state index contributed by atoms with van der Waals surface area (Å²) in [6, 6.07) is 1.51. The molecule has 0 radical (unpaired) electrons. The smallest absolute Gasteiger partial charge is 0.298 e. The molecule has 0 saturated heterocycles. The number of aromatic nitrogens is 2. The third kappa shape index (κ3) is 1.71. The summed E-state index contributed by atoms with van der Waals surface area (Å²) < 4.78 is 2.77. The summed E-state index contributed by atoms with van der Waals surface area (Å²) in [6.45, 7) is 6.02. The first kappa shape index (κ1) is 9.77. The lowest BCUT2D eigenvalue weighted by Gasteiger charge is -2.10. The van der Waals surface area contributed by atoms with Gasteiger partial charge in [-0.3, -0.25) is 13.9 Å². The maximum absolute atomic E-state index is 11.6. The zero-order valence-electron chi connectivity index (χ0n) is 8.15. The molecule has 0 aliphatic carbocycles. The molecule has 1 heterocycles. The van der Waals surface area contributed by atoms with Crippen LogP contribution >= 0.6 is 0 Å². The lowest BCUT2D eigenvalue weighted by molar-refractivity contribution is 0.515. The van der Waals surface area contributed by atoms with Gasteiger partial charge in [-0.2, -0.15) is 0 Å². The van der Waals surface area contributed by atoms with Crippen LogP contribution in [0.5, 0.6) is 0 Å². The van der Waals surface area contributed by atoms with Crippen molar-refractivity contribution in [3.8, 4) is 0 Å². The van der Waals surface area contributed by atoms with Crippen molar-refractivity contribution in [3.63, 3.8) is 0 Å². The molecule has 13 heavy (non-hydrogen) atoms. The van der Waals surface area contributed by atoms with E-state index in [0.29, 0.717) is 6.54 Å². The average Bonchev–Trinajstić information content (AvgIpc) is 2.04. The molecule has 1 aromatic rings. The van der Waals surface area contributed by atoms with Crippen LogP contribution in [0.3, 0.4) is 0 Å². The van der Waals surface area contributed by atoms with Gasteiger partial charge in [0.05, 0.1) is 0 Å². The highest BCUT2D eigenvalue weighted by molar-refractivity contribution is 4.87. The van der Waals surface area contributed by atoms with Gasteiger partial charge < -0.3 is 0 Å². The van der Waals surface area contributed by atoms with Gasteiger partial charge in [0.15, 0.2) is 0 Å². The second-order valence-corrected chi connectivity index (χ2v) is 3.18. The van der Waals surface area contributed by atoms with Crippen molar-refractivity contribution in [3.05, 3.63) is 33.1 Å². The van der Waals surface area contributed by atoms with Crippen LogP contribution in [0.1, 0.15) is 26.8 Å². The molecule has 0 atom stereocenters. The second-order valence-electron chi connectivity index (χ2n) is 3.18. The molecule has 0 fully saturated rings. The summed E-state index contributed by atoms with van der Waals surface area (Å²) in [5, 5.41) is 0. The Morgan fingerprint density at radius 3 is 2.46 bits per heavy atom. The highest BCUT2D eigenvalue weighted by Crippen LogP contribution is 1.96. The number of rotatable bonds is 2. The van der Waals surface area contributed by atoms with Crippen LogP contribution in [-0.4, -0.2) is 9.13 Å². The van der Waals surface area contributed by atoms with Gasteiger partial charge in [-0.25, -0.2) is 4.79 Å². The van der Waals surface area contributed by atoms with E-state index in [4.69, 9.17) is 0 Å². The third-order valence-electron chi connectivity index (χ3n) is 1.97. The predicted molar refractivity (Wildman–Crippen MR) is 51.0 cm³/mol. The first-order chi connectivity index (χ1) is 6.07. The van der Waals surface area contributed by atoms with Crippen LogP contribution in [0.25, 0.3) is 0 Å². The van der Waals surface area contributed by atoms with Gasteiger partial charge in [0.2, 0.25) is 0 Å². The van der Waals surface area contributed by atoms with Crippen molar-refractivity contribution in [2.45, 2.75) is 33.4 Å². The molecule has 0 aromatic carbocycles. The summed E-state index contributed by atoms with van der Waals surface area (Å²) in [7, 11) is 0. The molecular weight excluding hydrogens is 168 g/mol. The lowest BCUT2D eigenvalue weighted by Crippen LogP contribution is -2.39. The molecule has 0 unspecified atom stereocenters. The van der Waals surface area contributed by atoms with E-state index < -0.39 is 0 Å². The maximum atomic E-state index is 11.6. The summed E-state index contributed by atoms with van der Waals surface area (Å²) in [5.74, 6) is 0. The van der Waals surface area contributed by atoms with Gasteiger partial charge in [0, 0.05) is 24.8 Å². The Morgan fingerprint density at radius 2 is 2.00 bits per heavy atom. The Balaban J connectivity index is 3.46. The van der Waals surface area contributed by atoms with E-state index in [1.54, 1.807) is 17.7 Å². The van der Waals surface area contributed by atoms with Gasteiger partial charge in [-0.1, -0.05) is 0 Å². The van der Waals surface area contributed by atoms with Crippen molar-refractivity contribution in [1.29, 1.82) is 0 Å². The SMILES string of the molecule is CCn1c(=O)ccn(C(C)C)c1=O. The molecule has 0 amide bonds. The predicted octanol–water partition coefficient (Wildman–Crippen LogP) is 0.611. The molecule has 1 aromatic heterocycles. The molecule has 0 spiro atoms. The van der Waals surface area contributed by atoms with E-state index in [9.17, 15) is 9.59 Å². The topological polar surface area (TPSA) is 44.0 Å². The molecule has 0 bridgehead atoms. The highest BCUT2D eigenvalue weighted by atomic mass is 16.2. The maximum Gasteiger partial charge on any atom is 0.331 e. The third-order valence-corrected chi connectivity index (χ3v) is 1.97. The Kier molecular flexibility index (Phi) is 2.70. The molecule has 0 saturated carbocycles. The van der Waals surface area contributed by atoms with Crippen molar-refractivity contribution in [1.82, 2.24) is 9.13 Å². The minimum absolute atomic E-state index is 0.0888. The molecular formula is C9H14N2O2. The first-order valence-electron chi connectivity index (χ1n) is 4.40. The largest absolute Gasteiger partial charge is 0.331 e. The molecule has 4 nitrogen and oxygen atoms in total. The van der Waals surface area contributed by atoms with Crippen molar-refractivity contribution in [2.75, 3.05) is 0 Å². The highest BCUT2D eigenvalue weighted by Gasteiger charge is 2.04. The van der Waals surface area contributed by atoms with Gasteiger partial charge >= 0.3 is 5.69 Å². The summed E-state index contributed by atoms with van der Waals surface area (Å²) in [6.07, 6.45) is 1.54. The number of hydrogen-bond donors (Lipinski definition) is 0. The van der Waals surface area contributed by atoms with Crippen LogP contribution < -0.4 is 11.2 Å². The van der Waals surface area contributed by atoms with Gasteiger partial charge in [0.1, 0.15) is 0 Å². The minimum Gasteiger partial charge on any atom is -0.298 e. The summed E-state index contributed by atoms with van der Waals surface area (Å²) >= 11 is 0. The van der Waals surface area contributed by atoms with Crippen molar-refractivity contribution < 1.29 is 0 Å². The minimum atomic E-state index is -0.232. The number of hydrogen-bond acceptors (Lipinski definition) is 2. The zero-order chi connectivity index (χ0) is 10.0. The van der Waals surface area contributed by atoms with Crippen LogP contribution in [-0.2, 0) is 6.54 Å². The van der Waals surface area contributed by atoms with E-state index in [-0.39, 0.29) is 17.3 Å². The molecule has 1 rings (SSSR count). The normalized spacial score (nSPS) is 10.8. The Bertz CT molecular complexity index is 401. The second kappa shape index (κ2) is 3.60. The van der Waals surface area contributed by atoms with E-state index >= 15 is 0 Å². The average molecular weight is 182 g/mol. The molecule has 0 N–H and O–H groups in total. The van der Waals surface area contributed by atoms with E-state index in [2.05, 4.69) is 0 Å². The zero-order valence-corrected chi connectivity index (χ0v) is 8.15. The van der Waals surface area contributed by atoms with Gasteiger partial charge in [-0.15, -0.1) is 0 Å². The first-order valence-corrected chi connectivity index (χ1v) is 4.40. The van der Waals surface area contributed by atoms with E-state index in [1.165, 1.54) is 10.6 Å². The lowest BCUT2D eigenvalue weighted by atomic mass is 10.4. The summed E-state index contributed by atoms with van der Waals surface area (Å²) in [4.78, 5) is 22.8. The fourth-order valence-corrected chi connectivity index (χ4v) is 1.22. The Hall–Kier alpha value is -1.32. The van der Waals surface area contributed by atoms with Crippen LogP contribution in [0.4, 0.5) is 0 Å². The van der Waals surface area contributed by atoms with Gasteiger partial charge in [0.25, 0.3) is 5.56 Å². The summed E-state index contributed by atoms with van der Waals surface area (Å²) in [5.41, 5.74) is -0.464. The van der Waals surface area contributed by atoms with Gasteiger partial charge in [-0.05, 0) is 20.8 Å². The molecule has 0 aliphatic rings. The van der Waals surface area contributed by atoms with E-state index in [0.717, 1.165) is 0 Å². The molecule has 0 aliphatic heterocycles. The van der Waals surface area contributed by atoms with Crippen molar-refractivity contribution >= 4 is 0 Å².